The van der Waals surface area contributed by atoms with Crippen LogP contribution in [0.4, 0.5) is 0 Å². The number of hydrogen-bond donors (Lipinski definition) is 1. The third kappa shape index (κ3) is 3.29. The number of aromatic amines is 1. The molecule has 0 radical (unpaired) electrons. The van der Waals surface area contributed by atoms with Gasteiger partial charge in [-0.05, 0) is 18.6 Å². The predicted molar refractivity (Wildman–Crippen MR) is 92.0 cm³/mol. The topological polar surface area (TPSA) is 74.4 Å². The van der Waals surface area contributed by atoms with Gasteiger partial charge in [-0.1, -0.05) is 6.07 Å². The van der Waals surface area contributed by atoms with Crippen molar-refractivity contribution in [3.05, 3.63) is 47.0 Å². The van der Waals surface area contributed by atoms with Gasteiger partial charge in [0, 0.05) is 56.7 Å². The van der Waals surface area contributed by atoms with Gasteiger partial charge in [0.2, 0.25) is 0 Å². The molecule has 7 heteroatoms. The number of H-pyrrole nitrogens is 1. The fourth-order valence-electron chi connectivity index (χ4n) is 3.60. The maximum atomic E-state index is 12.9. The van der Waals surface area contributed by atoms with Crippen LogP contribution in [0.5, 0.6) is 0 Å². The summed E-state index contributed by atoms with van der Waals surface area (Å²) in [5, 5.41) is 7.39. The van der Waals surface area contributed by atoms with Crippen LogP contribution in [0.2, 0.25) is 0 Å². The molecule has 1 amide bonds. The number of nitrogens with zero attached hydrogens (tertiary/aromatic N) is 4. The first-order valence-corrected chi connectivity index (χ1v) is 8.75. The molecule has 2 aromatic heterocycles. The Hall–Kier alpha value is -2.25. The number of carbonyl (C=O) groups is 1. The summed E-state index contributed by atoms with van der Waals surface area (Å²) < 4.78 is 5.51. The fraction of sp³-hybridized carbons (Fsp3) is 0.500. The quantitative estimate of drug-likeness (QED) is 0.905. The number of fused-ring (bicyclic) bond motifs is 1. The lowest BCUT2D eigenvalue weighted by atomic mass is 10.0. The number of ether oxygens (including phenoxy) is 1. The molecule has 0 saturated carbocycles. The van der Waals surface area contributed by atoms with E-state index in [-0.39, 0.29) is 5.91 Å². The van der Waals surface area contributed by atoms with Crippen molar-refractivity contribution in [3.63, 3.8) is 0 Å². The first-order valence-electron chi connectivity index (χ1n) is 8.75. The van der Waals surface area contributed by atoms with Crippen molar-refractivity contribution >= 4 is 5.91 Å². The van der Waals surface area contributed by atoms with E-state index in [1.165, 1.54) is 0 Å². The molecular formula is C18H23N5O2. The summed E-state index contributed by atoms with van der Waals surface area (Å²) in [6.45, 7) is 3.84. The third-order valence-corrected chi connectivity index (χ3v) is 5.06. The minimum atomic E-state index is -0.0623. The SMILES string of the molecule is CN(Cc1ccccn1)C(=O)c1n[nH]c2c1CN([C@H]1CCOC1)CC2. The molecule has 132 valence electrons. The maximum absolute atomic E-state index is 12.9. The number of rotatable bonds is 4. The maximum Gasteiger partial charge on any atom is 0.274 e. The van der Waals surface area contributed by atoms with Crippen molar-refractivity contribution in [2.24, 2.45) is 0 Å². The van der Waals surface area contributed by atoms with E-state index in [2.05, 4.69) is 20.1 Å². The molecule has 0 bridgehead atoms. The van der Waals surface area contributed by atoms with Crippen molar-refractivity contribution in [2.75, 3.05) is 26.8 Å². The summed E-state index contributed by atoms with van der Waals surface area (Å²) in [6.07, 6.45) is 3.71. The van der Waals surface area contributed by atoms with Gasteiger partial charge in [-0.3, -0.25) is 19.8 Å². The summed E-state index contributed by atoms with van der Waals surface area (Å²) >= 11 is 0. The predicted octanol–water partition coefficient (Wildman–Crippen LogP) is 1.22. The molecule has 2 aliphatic rings. The molecular weight excluding hydrogens is 318 g/mol. The third-order valence-electron chi connectivity index (χ3n) is 5.06. The van der Waals surface area contributed by atoms with E-state index < -0.39 is 0 Å². The van der Waals surface area contributed by atoms with E-state index in [0.717, 1.165) is 56.1 Å². The first-order chi connectivity index (χ1) is 12.2. The smallest absolute Gasteiger partial charge is 0.274 e. The van der Waals surface area contributed by atoms with Gasteiger partial charge in [-0.2, -0.15) is 5.10 Å². The summed E-state index contributed by atoms with van der Waals surface area (Å²) in [4.78, 5) is 21.3. The molecule has 0 spiro atoms. The molecule has 1 saturated heterocycles. The van der Waals surface area contributed by atoms with Gasteiger partial charge in [0.15, 0.2) is 5.69 Å². The molecule has 2 aliphatic heterocycles. The summed E-state index contributed by atoms with van der Waals surface area (Å²) in [5.41, 5.74) is 3.53. The fourth-order valence-corrected chi connectivity index (χ4v) is 3.60. The van der Waals surface area contributed by atoms with Gasteiger partial charge in [0.1, 0.15) is 0 Å². The van der Waals surface area contributed by atoms with Crippen molar-refractivity contribution in [1.29, 1.82) is 0 Å². The molecule has 0 aliphatic carbocycles. The van der Waals surface area contributed by atoms with Crippen LogP contribution in [0.25, 0.3) is 0 Å². The van der Waals surface area contributed by atoms with Gasteiger partial charge in [-0.15, -0.1) is 0 Å². The highest BCUT2D eigenvalue weighted by molar-refractivity contribution is 5.93. The van der Waals surface area contributed by atoms with Gasteiger partial charge in [-0.25, -0.2) is 0 Å². The molecule has 25 heavy (non-hydrogen) atoms. The van der Waals surface area contributed by atoms with Crippen molar-refractivity contribution in [3.8, 4) is 0 Å². The van der Waals surface area contributed by atoms with Crippen LogP contribution >= 0.6 is 0 Å². The lowest BCUT2D eigenvalue weighted by molar-refractivity contribution is 0.0773. The molecule has 7 nitrogen and oxygen atoms in total. The van der Waals surface area contributed by atoms with Crippen LogP contribution in [-0.2, 0) is 24.2 Å². The van der Waals surface area contributed by atoms with E-state index >= 15 is 0 Å². The van der Waals surface area contributed by atoms with Gasteiger partial charge >= 0.3 is 0 Å². The molecule has 4 rings (SSSR count). The molecule has 1 fully saturated rings. The number of aromatic nitrogens is 3. The number of amides is 1. The van der Waals surface area contributed by atoms with Crippen LogP contribution in [0.15, 0.2) is 24.4 Å². The zero-order valence-electron chi connectivity index (χ0n) is 14.4. The molecule has 4 heterocycles. The zero-order chi connectivity index (χ0) is 17.2. The van der Waals surface area contributed by atoms with Gasteiger partial charge in [0.25, 0.3) is 5.91 Å². The first kappa shape index (κ1) is 16.2. The monoisotopic (exact) mass is 341 g/mol. The number of pyridine rings is 1. The average molecular weight is 341 g/mol. The second-order valence-corrected chi connectivity index (χ2v) is 6.75. The lowest BCUT2D eigenvalue weighted by Gasteiger charge is -2.31. The molecule has 0 unspecified atom stereocenters. The van der Waals surface area contributed by atoms with Gasteiger partial charge < -0.3 is 9.64 Å². The van der Waals surface area contributed by atoms with Crippen LogP contribution in [0.1, 0.15) is 33.9 Å². The van der Waals surface area contributed by atoms with Crippen molar-refractivity contribution < 1.29 is 9.53 Å². The van der Waals surface area contributed by atoms with Crippen molar-refractivity contribution in [2.45, 2.75) is 32.0 Å². The summed E-state index contributed by atoms with van der Waals surface area (Å²) in [7, 11) is 1.80. The molecule has 0 aromatic carbocycles. The Morgan fingerprint density at radius 3 is 3.16 bits per heavy atom. The lowest BCUT2D eigenvalue weighted by Crippen LogP contribution is -2.40. The standard InChI is InChI=1S/C18H23N5O2/c1-22(10-13-4-2-3-7-19-13)18(24)17-15-11-23(14-6-9-25-12-14)8-5-16(15)20-21-17/h2-4,7,14H,5-6,8-12H2,1H3,(H,20,21)/t14-/m0/s1. The van der Waals surface area contributed by atoms with Crippen LogP contribution in [-0.4, -0.2) is 63.7 Å². The van der Waals surface area contributed by atoms with E-state index in [1.807, 2.05) is 18.2 Å². The highest BCUT2D eigenvalue weighted by Gasteiger charge is 2.31. The zero-order valence-corrected chi connectivity index (χ0v) is 14.4. The Morgan fingerprint density at radius 1 is 1.48 bits per heavy atom. The Kier molecular flexibility index (Phi) is 4.50. The van der Waals surface area contributed by atoms with E-state index in [1.54, 1.807) is 18.1 Å². The minimum Gasteiger partial charge on any atom is -0.380 e. The average Bonchev–Trinajstić information content (AvgIpc) is 3.31. The van der Waals surface area contributed by atoms with Gasteiger partial charge in [0.05, 0.1) is 18.8 Å². The van der Waals surface area contributed by atoms with E-state index in [0.29, 0.717) is 18.3 Å². The van der Waals surface area contributed by atoms with Crippen molar-refractivity contribution in [1.82, 2.24) is 25.0 Å². The normalized spacial score (nSPS) is 20.4. The Morgan fingerprint density at radius 2 is 2.40 bits per heavy atom. The second-order valence-electron chi connectivity index (χ2n) is 6.75. The Balaban J connectivity index is 1.49. The van der Waals surface area contributed by atoms with E-state index in [9.17, 15) is 4.79 Å². The minimum absolute atomic E-state index is 0.0623. The Bertz CT molecular complexity index is 739. The summed E-state index contributed by atoms with van der Waals surface area (Å²) in [6, 6.07) is 6.18. The highest BCUT2D eigenvalue weighted by atomic mass is 16.5. The largest absolute Gasteiger partial charge is 0.380 e. The molecule has 1 atom stereocenters. The highest BCUT2D eigenvalue weighted by Crippen LogP contribution is 2.25. The number of nitrogens with one attached hydrogen (secondary N) is 1. The molecule has 2 aromatic rings. The second kappa shape index (κ2) is 6.93. The number of hydrogen-bond acceptors (Lipinski definition) is 5. The van der Waals surface area contributed by atoms with E-state index in [4.69, 9.17) is 4.74 Å². The van der Waals surface area contributed by atoms with Crippen LogP contribution in [0.3, 0.4) is 0 Å². The van der Waals surface area contributed by atoms with Crippen LogP contribution in [0, 0.1) is 0 Å². The Labute approximate surface area is 147 Å². The molecule has 1 N–H and O–H groups in total. The van der Waals surface area contributed by atoms with Crippen LogP contribution < -0.4 is 0 Å². The number of carbonyl (C=O) groups excluding carboxylic acids is 1. The summed E-state index contributed by atoms with van der Waals surface area (Å²) in [5.74, 6) is -0.0623.